The van der Waals surface area contributed by atoms with E-state index in [0.29, 0.717) is 29.1 Å². The largest absolute Gasteiger partial charge is 0.508 e. The second-order valence-corrected chi connectivity index (χ2v) is 11.0. The van der Waals surface area contributed by atoms with E-state index in [4.69, 9.17) is 25.8 Å². The number of anilines is 2. The molecule has 0 unspecified atom stereocenters. The van der Waals surface area contributed by atoms with Crippen LogP contribution in [0.1, 0.15) is 24.2 Å². The number of fused-ring (bicyclic) bond motifs is 1. The summed E-state index contributed by atoms with van der Waals surface area (Å²) in [4.78, 5) is 32.9. The molecule has 0 spiro atoms. The van der Waals surface area contributed by atoms with Crippen molar-refractivity contribution < 1.29 is 9.90 Å². The van der Waals surface area contributed by atoms with Crippen molar-refractivity contribution in [3.05, 3.63) is 103 Å². The van der Waals surface area contributed by atoms with Crippen molar-refractivity contribution in [2.75, 3.05) is 31.2 Å². The molecule has 0 radical (unpaired) electrons. The Morgan fingerprint density at radius 3 is 2.43 bits per heavy atom. The summed E-state index contributed by atoms with van der Waals surface area (Å²) in [6.07, 6.45) is 5.23. The van der Waals surface area contributed by atoms with Crippen molar-refractivity contribution in [3.8, 4) is 40.2 Å². The Balaban J connectivity index is 0.00000113. The average molecular weight is 656 g/mol. The monoisotopic (exact) mass is 655 g/mol. The number of carbonyl (C=O) groups is 1. The molecule has 0 bridgehead atoms. The Labute approximate surface area is 283 Å². The number of carbonyl (C=O) groups excluding carboxylic acids is 1. The van der Waals surface area contributed by atoms with Crippen LogP contribution >= 0.6 is 0 Å². The van der Waals surface area contributed by atoms with Gasteiger partial charge in [0.25, 0.3) is 0 Å². The van der Waals surface area contributed by atoms with Gasteiger partial charge in [0.05, 0.1) is 11.3 Å². The average Bonchev–Trinajstić information content (AvgIpc) is 3.53. The molecule has 49 heavy (non-hydrogen) atoms. The molecular formula is C36H37N11O2. The van der Waals surface area contributed by atoms with E-state index in [9.17, 15) is 5.11 Å². The Morgan fingerprint density at radius 2 is 1.71 bits per heavy atom. The lowest BCUT2D eigenvalue weighted by atomic mass is 10.0. The summed E-state index contributed by atoms with van der Waals surface area (Å²) in [5, 5.41) is 22.6. The maximum atomic E-state index is 10.1. The van der Waals surface area contributed by atoms with E-state index in [1.54, 1.807) is 36.7 Å². The van der Waals surface area contributed by atoms with Gasteiger partial charge in [-0.2, -0.15) is 5.26 Å². The first-order chi connectivity index (χ1) is 24.0. The number of nitrogen functional groups attached to an aromatic ring is 1. The number of hydrogen-bond donors (Lipinski definition) is 4. The highest BCUT2D eigenvalue weighted by molar-refractivity contribution is 5.84. The standard InChI is InChI=1S/C34H30N10O.CH5N.CH2O/c35-20-31-37-16-12-30(42-31)39-24-13-17-43(18-14-24)21-22-6-8-25(9-7-22)44-33(27-5-2-15-38-32(27)36)41-29-11-10-28(40-34(29)44)23-3-1-4-26(45)19-23;2*1-2/h1-12,15-16,19,24,45H,13-14,17-18,21H2,(H2,36,38)(H,37,39,42);2H2,1H3;1H2. The maximum absolute atomic E-state index is 10.1. The molecule has 13 heteroatoms. The van der Waals surface area contributed by atoms with Crippen molar-refractivity contribution in [1.29, 1.82) is 5.26 Å². The third-order valence-electron chi connectivity index (χ3n) is 8.02. The summed E-state index contributed by atoms with van der Waals surface area (Å²) in [6.45, 7) is 4.74. The lowest BCUT2D eigenvalue weighted by Gasteiger charge is -2.32. The van der Waals surface area contributed by atoms with E-state index < -0.39 is 0 Å². The SMILES string of the molecule is C=O.CN.N#Cc1nccc(NC2CCN(Cc3ccc(-n4c(-c5cccnc5N)nc5ccc(-c6cccc(O)c6)nc54)cc3)CC2)n1. The fourth-order valence-corrected chi connectivity index (χ4v) is 5.76. The molecule has 7 rings (SSSR count). The van der Waals surface area contributed by atoms with Gasteiger partial charge in [-0.15, -0.1) is 0 Å². The number of nitrogens with zero attached hydrogens (tertiary/aromatic N) is 8. The van der Waals surface area contributed by atoms with Gasteiger partial charge in [-0.05, 0) is 80.1 Å². The number of nitrogens with one attached hydrogen (secondary N) is 1. The Kier molecular flexibility index (Phi) is 11.2. The predicted octanol–water partition coefficient (Wildman–Crippen LogP) is 4.57. The van der Waals surface area contributed by atoms with Crippen LogP contribution in [0.15, 0.2) is 91.3 Å². The number of phenolic OH excluding ortho intramolecular Hbond substituents is 1. The number of imidazole rings is 1. The zero-order chi connectivity index (χ0) is 34.8. The zero-order valence-electron chi connectivity index (χ0n) is 27.1. The molecule has 1 fully saturated rings. The Bertz CT molecular complexity index is 2050. The topological polar surface area (TPSA) is 198 Å². The van der Waals surface area contributed by atoms with Crippen molar-refractivity contribution in [1.82, 2.24) is 34.4 Å². The molecule has 1 aliphatic rings. The molecule has 0 saturated carbocycles. The molecule has 4 aromatic heterocycles. The van der Waals surface area contributed by atoms with Gasteiger partial charge in [0.15, 0.2) is 11.5 Å². The van der Waals surface area contributed by atoms with E-state index in [1.807, 2.05) is 47.8 Å². The highest BCUT2D eigenvalue weighted by atomic mass is 16.3. The first-order valence-corrected chi connectivity index (χ1v) is 15.6. The molecule has 13 nitrogen and oxygen atoms in total. The molecule has 5 heterocycles. The molecule has 6 N–H and O–H groups in total. The number of benzene rings is 2. The molecular weight excluding hydrogens is 618 g/mol. The number of nitrogens with two attached hydrogens (primary N) is 2. The number of aromatic nitrogens is 6. The number of phenols is 1. The van der Waals surface area contributed by atoms with Crippen molar-refractivity contribution in [2.24, 2.45) is 5.73 Å². The number of rotatable bonds is 7. The highest BCUT2D eigenvalue weighted by Gasteiger charge is 2.21. The summed E-state index contributed by atoms with van der Waals surface area (Å²) in [5.41, 5.74) is 16.6. The fourth-order valence-electron chi connectivity index (χ4n) is 5.76. The van der Waals surface area contributed by atoms with Crippen LogP contribution in [0.2, 0.25) is 0 Å². The first kappa shape index (κ1) is 34.1. The Hall–Kier alpha value is -6.23. The van der Waals surface area contributed by atoms with Crippen LogP contribution < -0.4 is 16.8 Å². The van der Waals surface area contributed by atoms with Crippen molar-refractivity contribution >= 4 is 29.6 Å². The van der Waals surface area contributed by atoms with Crippen LogP contribution in [0.3, 0.4) is 0 Å². The van der Waals surface area contributed by atoms with Crippen molar-refractivity contribution in [3.63, 3.8) is 0 Å². The van der Waals surface area contributed by atoms with E-state index in [2.05, 4.69) is 55.2 Å². The molecule has 248 valence electrons. The van der Waals surface area contributed by atoms with Gasteiger partial charge in [0.2, 0.25) is 5.82 Å². The molecule has 0 atom stereocenters. The van der Waals surface area contributed by atoms with Gasteiger partial charge >= 0.3 is 0 Å². The van der Waals surface area contributed by atoms with Gasteiger partial charge in [-0.3, -0.25) is 9.47 Å². The Morgan fingerprint density at radius 1 is 0.939 bits per heavy atom. The second-order valence-electron chi connectivity index (χ2n) is 11.0. The maximum Gasteiger partial charge on any atom is 0.234 e. The third-order valence-corrected chi connectivity index (χ3v) is 8.02. The van der Waals surface area contributed by atoms with Gasteiger partial charge in [-0.1, -0.05) is 24.3 Å². The number of pyridine rings is 2. The molecule has 1 aliphatic heterocycles. The van der Waals surface area contributed by atoms with Crippen LogP contribution in [-0.2, 0) is 11.3 Å². The highest BCUT2D eigenvalue weighted by Crippen LogP contribution is 2.32. The molecule has 0 aliphatic carbocycles. The summed E-state index contributed by atoms with van der Waals surface area (Å²) < 4.78 is 2.01. The lowest BCUT2D eigenvalue weighted by Crippen LogP contribution is -2.38. The van der Waals surface area contributed by atoms with Crippen LogP contribution in [0, 0.1) is 11.3 Å². The van der Waals surface area contributed by atoms with E-state index in [-0.39, 0.29) is 11.6 Å². The van der Waals surface area contributed by atoms with E-state index in [0.717, 1.165) is 60.5 Å². The quantitative estimate of drug-likeness (QED) is 0.187. The molecule has 1 saturated heterocycles. The van der Waals surface area contributed by atoms with Crippen LogP contribution in [-0.4, -0.2) is 72.5 Å². The van der Waals surface area contributed by atoms with E-state index in [1.165, 1.54) is 12.6 Å². The molecule has 6 aromatic rings. The van der Waals surface area contributed by atoms with Crippen molar-refractivity contribution in [2.45, 2.75) is 25.4 Å². The van der Waals surface area contributed by atoms with Gasteiger partial charge < -0.3 is 26.7 Å². The minimum absolute atomic E-state index is 0.174. The number of nitriles is 1. The van der Waals surface area contributed by atoms with Gasteiger partial charge in [0.1, 0.15) is 35.8 Å². The van der Waals surface area contributed by atoms with Crippen LogP contribution in [0.25, 0.3) is 39.5 Å². The minimum atomic E-state index is 0.174. The summed E-state index contributed by atoms with van der Waals surface area (Å²) >= 11 is 0. The fraction of sp³-hybridized carbons (Fsp3) is 0.194. The number of aromatic hydroxyl groups is 1. The number of likely N-dealkylation sites (tertiary alicyclic amines) is 1. The summed E-state index contributed by atoms with van der Waals surface area (Å²) in [5.74, 6) is 2.10. The van der Waals surface area contributed by atoms with Gasteiger partial charge in [-0.25, -0.2) is 24.9 Å². The molecule has 0 amide bonds. The smallest absolute Gasteiger partial charge is 0.234 e. The third kappa shape index (κ3) is 7.84. The zero-order valence-corrected chi connectivity index (χ0v) is 27.1. The first-order valence-electron chi connectivity index (χ1n) is 15.6. The van der Waals surface area contributed by atoms with E-state index >= 15 is 0 Å². The van der Waals surface area contributed by atoms with Crippen LogP contribution in [0.4, 0.5) is 11.6 Å². The second kappa shape index (κ2) is 16.1. The van der Waals surface area contributed by atoms with Gasteiger partial charge in [0, 0.05) is 49.3 Å². The summed E-state index contributed by atoms with van der Waals surface area (Å²) in [6, 6.07) is 27.2. The molecule has 2 aromatic carbocycles. The minimum Gasteiger partial charge on any atom is -0.508 e. The number of hydrogen-bond acceptors (Lipinski definition) is 12. The summed E-state index contributed by atoms with van der Waals surface area (Å²) in [7, 11) is 1.50. The normalized spacial score (nSPS) is 13.0. The predicted molar refractivity (Wildman–Crippen MR) is 190 cm³/mol. The number of piperidine rings is 1. The van der Waals surface area contributed by atoms with Crippen LogP contribution in [0.5, 0.6) is 5.75 Å². The lowest BCUT2D eigenvalue weighted by molar-refractivity contribution is -0.0980.